The summed E-state index contributed by atoms with van der Waals surface area (Å²) in [6.07, 6.45) is 5.88. The highest BCUT2D eigenvalue weighted by Crippen LogP contribution is 2.29. The van der Waals surface area contributed by atoms with E-state index in [0.717, 1.165) is 25.2 Å². The topological polar surface area (TPSA) is 67.4 Å². The van der Waals surface area contributed by atoms with Crippen LogP contribution >= 0.6 is 0 Å². The predicted octanol–water partition coefficient (Wildman–Crippen LogP) is 2.38. The fourth-order valence-corrected chi connectivity index (χ4v) is 2.76. The van der Waals surface area contributed by atoms with Gasteiger partial charge in [-0.05, 0) is 39.7 Å². The zero-order chi connectivity index (χ0) is 16.2. The molecule has 0 bridgehead atoms. The van der Waals surface area contributed by atoms with E-state index < -0.39 is 5.60 Å². The van der Waals surface area contributed by atoms with Gasteiger partial charge in [-0.25, -0.2) is 4.79 Å². The normalized spacial score (nSPS) is 20.0. The summed E-state index contributed by atoms with van der Waals surface area (Å²) in [5.41, 5.74) is 0.474. The summed E-state index contributed by atoms with van der Waals surface area (Å²) in [6, 6.07) is 0.117. The molecule has 0 saturated carbocycles. The van der Waals surface area contributed by atoms with Crippen molar-refractivity contribution in [3.8, 4) is 0 Å². The number of hydrogen-bond acceptors (Lipinski definition) is 5. The van der Waals surface area contributed by atoms with Crippen LogP contribution in [0.5, 0.6) is 0 Å². The van der Waals surface area contributed by atoms with Crippen molar-refractivity contribution in [1.29, 1.82) is 0 Å². The molecule has 6 heteroatoms. The Morgan fingerprint density at radius 3 is 2.86 bits per heavy atom. The Labute approximate surface area is 132 Å². The molecule has 1 aromatic heterocycles. The van der Waals surface area contributed by atoms with Gasteiger partial charge in [0.25, 0.3) is 0 Å². The van der Waals surface area contributed by atoms with Crippen LogP contribution in [-0.2, 0) is 4.74 Å². The second-order valence-electron chi connectivity index (χ2n) is 6.64. The summed E-state index contributed by atoms with van der Waals surface area (Å²) in [7, 11) is 0. The Kier molecular flexibility index (Phi) is 5.34. The first-order valence-electron chi connectivity index (χ1n) is 7.88. The van der Waals surface area contributed by atoms with Gasteiger partial charge < -0.3 is 15.0 Å². The molecule has 1 fully saturated rings. The van der Waals surface area contributed by atoms with Crippen molar-refractivity contribution in [3.63, 3.8) is 0 Å². The van der Waals surface area contributed by atoms with Crippen molar-refractivity contribution in [2.75, 3.05) is 19.6 Å². The third-order valence-electron chi connectivity index (χ3n) is 3.67. The fraction of sp³-hybridized carbons (Fsp3) is 0.688. The molecule has 6 nitrogen and oxygen atoms in total. The first kappa shape index (κ1) is 16.7. The lowest BCUT2D eigenvalue weighted by Crippen LogP contribution is -2.37. The second kappa shape index (κ2) is 7.05. The minimum absolute atomic E-state index is 0.117. The molecule has 1 amide bonds. The number of ether oxygens (including phenoxy) is 1. The Balaban J connectivity index is 2.02. The molecule has 0 aromatic carbocycles. The Bertz CT molecular complexity index is 487. The van der Waals surface area contributed by atoms with Gasteiger partial charge in [0.05, 0.1) is 11.7 Å². The van der Waals surface area contributed by atoms with E-state index in [1.54, 1.807) is 23.5 Å². The van der Waals surface area contributed by atoms with E-state index in [1.165, 1.54) is 0 Å². The average Bonchev–Trinajstić information content (AvgIpc) is 2.93. The summed E-state index contributed by atoms with van der Waals surface area (Å²) >= 11 is 0. The molecule has 1 aromatic rings. The molecule has 2 rings (SSSR count). The maximum atomic E-state index is 12.2. The van der Waals surface area contributed by atoms with Gasteiger partial charge in [0.1, 0.15) is 5.60 Å². The molecule has 2 atom stereocenters. The predicted molar refractivity (Wildman–Crippen MR) is 84.4 cm³/mol. The molecule has 122 valence electrons. The number of carbonyl (C=O) groups is 1. The van der Waals surface area contributed by atoms with Crippen molar-refractivity contribution in [2.45, 2.75) is 45.8 Å². The molecule has 1 saturated heterocycles. The quantitative estimate of drug-likeness (QED) is 0.925. The van der Waals surface area contributed by atoms with E-state index >= 15 is 0 Å². The second-order valence-corrected chi connectivity index (χ2v) is 6.64. The molecule has 1 aliphatic heterocycles. The van der Waals surface area contributed by atoms with Crippen LogP contribution in [0.25, 0.3) is 0 Å². The number of aromatic nitrogens is 2. The number of rotatable bonds is 4. The summed E-state index contributed by atoms with van der Waals surface area (Å²) in [5, 5.41) is 3.47. The average molecular weight is 306 g/mol. The highest BCUT2D eigenvalue weighted by Gasteiger charge is 2.34. The van der Waals surface area contributed by atoms with Crippen LogP contribution in [0.4, 0.5) is 4.79 Å². The maximum absolute atomic E-state index is 12.2. The van der Waals surface area contributed by atoms with Crippen molar-refractivity contribution < 1.29 is 9.53 Å². The molecular weight excluding hydrogens is 280 g/mol. The third kappa shape index (κ3) is 4.40. The lowest BCUT2D eigenvalue weighted by Gasteiger charge is -2.26. The zero-order valence-electron chi connectivity index (χ0n) is 13.9. The Morgan fingerprint density at radius 1 is 1.50 bits per heavy atom. The molecular formula is C16H26N4O2. The standard InChI is InChI=1S/C16H26N4O2/c1-5-18-14(13-10-17-7-8-19-13)12-6-9-20(11-12)15(21)22-16(2,3)4/h7-8,10,12,14,18H,5-6,9,11H2,1-4H3. The number of nitrogens with one attached hydrogen (secondary N) is 1. The number of likely N-dealkylation sites (tertiary alicyclic amines) is 1. The van der Waals surface area contributed by atoms with Crippen molar-refractivity contribution >= 4 is 6.09 Å². The van der Waals surface area contributed by atoms with Gasteiger partial charge in [0, 0.05) is 31.7 Å². The highest BCUT2D eigenvalue weighted by atomic mass is 16.6. The van der Waals surface area contributed by atoms with Crippen LogP contribution < -0.4 is 5.32 Å². The van der Waals surface area contributed by atoms with Crippen molar-refractivity contribution in [3.05, 3.63) is 24.3 Å². The number of amides is 1. The monoisotopic (exact) mass is 306 g/mol. The molecule has 0 radical (unpaired) electrons. The summed E-state index contributed by atoms with van der Waals surface area (Å²) < 4.78 is 5.45. The van der Waals surface area contributed by atoms with Crippen LogP contribution in [-0.4, -0.2) is 46.2 Å². The molecule has 1 N–H and O–H groups in total. The SMILES string of the molecule is CCNC(c1cnccn1)C1CCN(C(=O)OC(C)(C)C)C1. The van der Waals surface area contributed by atoms with Crippen molar-refractivity contribution in [2.24, 2.45) is 5.92 Å². The van der Waals surface area contributed by atoms with Gasteiger partial charge in [-0.1, -0.05) is 6.92 Å². The Hall–Kier alpha value is -1.69. The Morgan fingerprint density at radius 2 is 2.27 bits per heavy atom. The molecule has 22 heavy (non-hydrogen) atoms. The van der Waals surface area contributed by atoms with Gasteiger partial charge in [-0.15, -0.1) is 0 Å². The fourth-order valence-electron chi connectivity index (χ4n) is 2.76. The van der Waals surface area contributed by atoms with E-state index in [-0.39, 0.29) is 12.1 Å². The minimum Gasteiger partial charge on any atom is -0.444 e. The van der Waals surface area contributed by atoms with Gasteiger partial charge in [0.15, 0.2) is 0 Å². The largest absolute Gasteiger partial charge is 0.444 e. The van der Waals surface area contributed by atoms with Gasteiger partial charge in [-0.2, -0.15) is 0 Å². The van der Waals surface area contributed by atoms with Crippen LogP contribution in [0.15, 0.2) is 18.6 Å². The third-order valence-corrected chi connectivity index (χ3v) is 3.67. The van der Waals surface area contributed by atoms with Crippen LogP contribution in [0.2, 0.25) is 0 Å². The summed E-state index contributed by atoms with van der Waals surface area (Å²) in [5.74, 6) is 0.323. The highest BCUT2D eigenvalue weighted by molar-refractivity contribution is 5.68. The molecule has 0 aliphatic carbocycles. The van der Waals surface area contributed by atoms with E-state index in [2.05, 4.69) is 22.2 Å². The van der Waals surface area contributed by atoms with Crippen LogP contribution in [0, 0.1) is 5.92 Å². The molecule has 2 heterocycles. The molecule has 1 aliphatic rings. The van der Waals surface area contributed by atoms with Gasteiger partial charge in [-0.3, -0.25) is 9.97 Å². The van der Waals surface area contributed by atoms with E-state index in [0.29, 0.717) is 12.5 Å². The first-order valence-corrected chi connectivity index (χ1v) is 7.88. The van der Waals surface area contributed by atoms with Crippen molar-refractivity contribution in [1.82, 2.24) is 20.2 Å². The molecule has 2 unspecified atom stereocenters. The van der Waals surface area contributed by atoms with Gasteiger partial charge in [0.2, 0.25) is 0 Å². The van der Waals surface area contributed by atoms with Crippen LogP contribution in [0.3, 0.4) is 0 Å². The lowest BCUT2D eigenvalue weighted by atomic mass is 9.96. The van der Waals surface area contributed by atoms with Crippen LogP contribution in [0.1, 0.15) is 45.9 Å². The lowest BCUT2D eigenvalue weighted by molar-refractivity contribution is 0.0285. The zero-order valence-corrected chi connectivity index (χ0v) is 13.9. The number of nitrogens with zero attached hydrogens (tertiary/aromatic N) is 3. The van der Waals surface area contributed by atoms with E-state index in [4.69, 9.17) is 4.74 Å². The smallest absolute Gasteiger partial charge is 0.410 e. The van der Waals surface area contributed by atoms with E-state index in [9.17, 15) is 4.79 Å². The van der Waals surface area contributed by atoms with Gasteiger partial charge >= 0.3 is 6.09 Å². The maximum Gasteiger partial charge on any atom is 0.410 e. The molecule has 0 spiro atoms. The minimum atomic E-state index is -0.457. The van der Waals surface area contributed by atoms with E-state index in [1.807, 2.05) is 20.8 Å². The summed E-state index contributed by atoms with van der Waals surface area (Å²) in [6.45, 7) is 10.00. The number of carbonyl (C=O) groups excluding carboxylic acids is 1. The first-order chi connectivity index (χ1) is 10.4. The summed E-state index contributed by atoms with van der Waals surface area (Å²) in [4.78, 5) is 22.5. The number of hydrogen-bond donors (Lipinski definition) is 1.